The van der Waals surface area contributed by atoms with Crippen molar-refractivity contribution in [3.63, 3.8) is 0 Å². The van der Waals surface area contributed by atoms with Crippen LogP contribution in [0.2, 0.25) is 0 Å². The minimum absolute atomic E-state index is 0.543. The summed E-state index contributed by atoms with van der Waals surface area (Å²) in [4.78, 5) is 12.9. The predicted molar refractivity (Wildman–Crippen MR) is 77.9 cm³/mol. The second-order valence-corrected chi connectivity index (χ2v) is 4.77. The van der Waals surface area contributed by atoms with Gasteiger partial charge in [-0.3, -0.25) is 0 Å². The van der Waals surface area contributed by atoms with Crippen molar-refractivity contribution in [2.24, 2.45) is 0 Å². The Kier molecular flexibility index (Phi) is 2.74. The zero-order valence-electron chi connectivity index (χ0n) is 11.2. The van der Waals surface area contributed by atoms with E-state index in [2.05, 4.69) is 45.0 Å². The van der Waals surface area contributed by atoms with Crippen molar-refractivity contribution in [2.75, 3.05) is 35.7 Å². The van der Waals surface area contributed by atoms with Gasteiger partial charge < -0.3 is 15.5 Å². The van der Waals surface area contributed by atoms with Gasteiger partial charge in [-0.2, -0.15) is 0 Å². The van der Waals surface area contributed by atoms with E-state index in [0.717, 1.165) is 30.2 Å². The third-order valence-corrected chi connectivity index (χ3v) is 3.59. The molecule has 0 atom stereocenters. The fourth-order valence-corrected chi connectivity index (χ4v) is 2.45. The molecule has 0 spiro atoms. The summed E-state index contributed by atoms with van der Waals surface area (Å²) in [7, 11) is 2.11. The van der Waals surface area contributed by atoms with Crippen molar-refractivity contribution in [1.82, 2.24) is 9.97 Å². The van der Waals surface area contributed by atoms with E-state index in [1.807, 2.05) is 13.0 Å². The number of anilines is 4. The van der Waals surface area contributed by atoms with Crippen molar-refractivity contribution in [3.8, 4) is 0 Å². The average Bonchev–Trinajstić information content (AvgIpc) is 2.43. The van der Waals surface area contributed by atoms with Gasteiger partial charge in [0.1, 0.15) is 18.0 Å². The molecule has 5 nitrogen and oxygen atoms in total. The van der Waals surface area contributed by atoms with Gasteiger partial charge in [-0.25, -0.2) is 9.97 Å². The number of hydrogen-bond donors (Lipinski definition) is 1. The Labute approximate surface area is 112 Å². The monoisotopic (exact) mass is 255 g/mol. The summed E-state index contributed by atoms with van der Waals surface area (Å²) in [6.07, 6.45) is 1.53. The lowest BCUT2D eigenvalue weighted by atomic mass is 10.1. The van der Waals surface area contributed by atoms with Crippen LogP contribution in [0.4, 0.5) is 23.0 Å². The summed E-state index contributed by atoms with van der Waals surface area (Å²) in [6, 6.07) is 8.34. The van der Waals surface area contributed by atoms with Crippen molar-refractivity contribution in [3.05, 3.63) is 36.2 Å². The van der Waals surface area contributed by atoms with E-state index < -0.39 is 0 Å². The zero-order valence-corrected chi connectivity index (χ0v) is 11.2. The highest BCUT2D eigenvalue weighted by Gasteiger charge is 2.23. The molecule has 0 saturated heterocycles. The summed E-state index contributed by atoms with van der Waals surface area (Å²) in [5.74, 6) is 1.44. The lowest BCUT2D eigenvalue weighted by molar-refractivity contribution is 0.809. The maximum absolute atomic E-state index is 5.89. The highest BCUT2D eigenvalue weighted by molar-refractivity contribution is 5.79. The Morgan fingerprint density at radius 3 is 2.63 bits per heavy atom. The van der Waals surface area contributed by atoms with Gasteiger partial charge in [0.25, 0.3) is 0 Å². The molecule has 1 aliphatic rings. The van der Waals surface area contributed by atoms with Gasteiger partial charge in [0.2, 0.25) is 0 Å². The molecule has 2 aromatic rings. The van der Waals surface area contributed by atoms with Gasteiger partial charge in [-0.1, -0.05) is 12.1 Å². The first-order valence-electron chi connectivity index (χ1n) is 6.33. The van der Waals surface area contributed by atoms with E-state index >= 15 is 0 Å². The van der Waals surface area contributed by atoms with Crippen molar-refractivity contribution in [2.45, 2.75) is 6.92 Å². The summed E-state index contributed by atoms with van der Waals surface area (Å²) < 4.78 is 0. The Hall–Kier alpha value is -2.30. The molecule has 0 saturated carbocycles. The lowest BCUT2D eigenvalue weighted by Crippen LogP contribution is -2.37. The van der Waals surface area contributed by atoms with Crippen LogP contribution >= 0.6 is 0 Å². The Bertz CT molecular complexity index is 611. The predicted octanol–water partition coefficient (Wildman–Crippen LogP) is 1.96. The number of nitrogen functional groups attached to an aromatic ring is 1. The zero-order chi connectivity index (χ0) is 13.4. The first-order valence-corrected chi connectivity index (χ1v) is 6.33. The normalized spacial score (nSPS) is 14.4. The van der Waals surface area contributed by atoms with Gasteiger partial charge >= 0.3 is 0 Å². The number of fused-ring (bicyclic) bond motifs is 1. The number of nitrogens with two attached hydrogens (primary N) is 1. The number of para-hydroxylation sites is 2. The standard InChI is InChI=1S/C14H17N5/c1-10-13(15)16-9-17-14(10)19-8-7-18(2)11-5-3-4-6-12(11)19/h3-6,9H,7-8H2,1-2H3,(H2,15,16,17). The van der Waals surface area contributed by atoms with Crippen molar-refractivity contribution in [1.29, 1.82) is 0 Å². The summed E-state index contributed by atoms with van der Waals surface area (Å²) in [5, 5.41) is 0. The van der Waals surface area contributed by atoms with Gasteiger partial charge in [-0.05, 0) is 19.1 Å². The van der Waals surface area contributed by atoms with E-state index in [1.165, 1.54) is 12.0 Å². The SMILES string of the molecule is Cc1c(N)ncnc1N1CCN(C)c2ccccc21. The summed E-state index contributed by atoms with van der Waals surface area (Å²) in [5.41, 5.74) is 9.20. The number of likely N-dealkylation sites (N-methyl/N-ethyl adjacent to an activating group) is 1. The number of benzene rings is 1. The Balaban J connectivity index is 2.12. The van der Waals surface area contributed by atoms with Crippen LogP contribution in [0.5, 0.6) is 0 Å². The molecule has 1 aliphatic heterocycles. The number of nitrogens with zero attached hydrogens (tertiary/aromatic N) is 4. The highest BCUT2D eigenvalue weighted by atomic mass is 15.3. The minimum Gasteiger partial charge on any atom is -0.383 e. The number of rotatable bonds is 1. The second kappa shape index (κ2) is 4.42. The first kappa shape index (κ1) is 11.8. The molecule has 0 unspecified atom stereocenters. The molecule has 0 aliphatic carbocycles. The third kappa shape index (κ3) is 1.87. The van der Waals surface area contributed by atoms with Crippen LogP contribution in [-0.4, -0.2) is 30.1 Å². The maximum atomic E-state index is 5.89. The third-order valence-electron chi connectivity index (χ3n) is 3.59. The molecule has 19 heavy (non-hydrogen) atoms. The smallest absolute Gasteiger partial charge is 0.141 e. The van der Waals surface area contributed by atoms with Gasteiger partial charge in [-0.15, -0.1) is 0 Å². The molecular weight excluding hydrogens is 238 g/mol. The van der Waals surface area contributed by atoms with Crippen LogP contribution in [0.3, 0.4) is 0 Å². The average molecular weight is 255 g/mol. The van der Waals surface area contributed by atoms with Crippen LogP contribution in [0, 0.1) is 6.92 Å². The molecule has 0 amide bonds. The van der Waals surface area contributed by atoms with Crippen LogP contribution in [0.25, 0.3) is 0 Å². The molecular formula is C14H17N5. The van der Waals surface area contributed by atoms with Gasteiger partial charge in [0.05, 0.1) is 11.4 Å². The Morgan fingerprint density at radius 1 is 1.11 bits per heavy atom. The van der Waals surface area contributed by atoms with Crippen molar-refractivity contribution < 1.29 is 0 Å². The first-order chi connectivity index (χ1) is 9.18. The minimum atomic E-state index is 0.543. The Morgan fingerprint density at radius 2 is 1.84 bits per heavy atom. The van der Waals surface area contributed by atoms with E-state index in [9.17, 15) is 0 Å². The molecule has 3 rings (SSSR count). The molecule has 98 valence electrons. The van der Waals surface area contributed by atoms with Gasteiger partial charge in [0.15, 0.2) is 0 Å². The fraction of sp³-hybridized carbons (Fsp3) is 0.286. The molecule has 0 bridgehead atoms. The largest absolute Gasteiger partial charge is 0.383 e. The molecule has 0 fully saturated rings. The van der Waals surface area contributed by atoms with E-state index in [4.69, 9.17) is 5.73 Å². The van der Waals surface area contributed by atoms with Crippen molar-refractivity contribution >= 4 is 23.0 Å². The molecule has 1 aromatic carbocycles. The second-order valence-electron chi connectivity index (χ2n) is 4.77. The quantitative estimate of drug-likeness (QED) is 0.844. The van der Waals surface area contributed by atoms with Gasteiger partial charge in [0, 0.05) is 25.7 Å². The summed E-state index contributed by atoms with van der Waals surface area (Å²) >= 11 is 0. The molecule has 0 radical (unpaired) electrons. The molecule has 2 N–H and O–H groups in total. The summed E-state index contributed by atoms with van der Waals surface area (Å²) in [6.45, 7) is 3.82. The highest BCUT2D eigenvalue weighted by Crippen LogP contribution is 2.37. The van der Waals surface area contributed by atoms with E-state index in [0.29, 0.717) is 5.82 Å². The fourth-order valence-electron chi connectivity index (χ4n) is 2.45. The molecule has 5 heteroatoms. The van der Waals surface area contributed by atoms with Crippen LogP contribution in [0.1, 0.15) is 5.56 Å². The van der Waals surface area contributed by atoms with Crippen LogP contribution < -0.4 is 15.5 Å². The van der Waals surface area contributed by atoms with E-state index in [-0.39, 0.29) is 0 Å². The van der Waals surface area contributed by atoms with E-state index in [1.54, 1.807) is 0 Å². The number of aromatic nitrogens is 2. The lowest BCUT2D eigenvalue weighted by Gasteiger charge is -2.36. The molecule has 2 heterocycles. The van der Waals surface area contributed by atoms with Crippen LogP contribution in [-0.2, 0) is 0 Å². The number of hydrogen-bond acceptors (Lipinski definition) is 5. The maximum Gasteiger partial charge on any atom is 0.141 e. The van der Waals surface area contributed by atoms with Crippen LogP contribution in [0.15, 0.2) is 30.6 Å². The molecule has 1 aromatic heterocycles. The topological polar surface area (TPSA) is 58.3 Å².